The van der Waals surface area contributed by atoms with Crippen LogP contribution in [0.25, 0.3) is 0 Å². The highest BCUT2D eigenvalue weighted by atomic mass is 16.6. The molecule has 0 unspecified atom stereocenters. The average Bonchev–Trinajstić information content (AvgIpc) is 2.84. The van der Waals surface area contributed by atoms with Crippen LogP contribution in [0.15, 0.2) is 18.2 Å². The predicted molar refractivity (Wildman–Crippen MR) is 68.4 cm³/mol. The fraction of sp³-hybridized carbons (Fsp3) is 0.500. The van der Waals surface area contributed by atoms with E-state index in [4.69, 9.17) is 14.2 Å². The van der Waals surface area contributed by atoms with Crippen LogP contribution < -0.4 is 4.74 Å². The van der Waals surface area contributed by atoms with E-state index in [1.54, 1.807) is 19.2 Å². The molecular weight excluding hydrogens is 248 g/mol. The molecule has 0 aliphatic carbocycles. The number of benzene rings is 1. The summed E-state index contributed by atoms with van der Waals surface area (Å²) in [6.45, 7) is 2.17. The second kappa shape index (κ2) is 5.19. The van der Waals surface area contributed by atoms with E-state index in [1.165, 1.54) is 7.11 Å². The maximum Gasteiger partial charge on any atom is 0.340 e. The van der Waals surface area contributed by atoms with Crippen LogP contribution in [-0.2, 0) is 19.9 Å². The quantitative estimate of drug-likeness (QED) is 0.899. The summed E-state index contributed by atoms with van der Waals surface area (Å²) < 4.78 is 16.1. The van der Waals surface area contributed by atoms with E-state index in [0.29, 0.717) is 11.3 Å². The van der Waals surface area contributed by atoms with Crippen molar-refractivity contribution in [3.63, 3.8) is 0 Å². The Hall–Kier alpha value is -1.59. The van der Waals surface area contributed by atoms with Gasteiger partial charge in [-0.15, -0.1) is 0 Å². The molecule has 0 amide bonds. The smallest absolute Gasteiger partial charge is 0.340 e. The number of hydrogen-bond donors (Lipinski definition) is 1. The molecule has 2 atom stereocenters. The molecule has 104 valence electrons. The Morgan fingerprint density at radius 1 is 1.47 bits per heavy atom. The molecule has 1 aromatic carbocycles. The number of rotatable bonds is 4. The van der Waals surface area contributed by atoms with Crippen molar-refractivity contribution in [2.45, 2.75) is 25.0 Å². The molecule has 0 spiro atoms. The molecule has 5 heteroatoms. The van der Waals surface area contributed by atoms with Crippen LogP contribution in [0.2, 0.25) is 0 Å². The molecule has 0 aromatic heterocycles. The SMILES string of the molecule is COc1ccc(C)cc1[C@@]1(C(=O)O)C[C@@H](OC)CO1. The molecule has 19 heavy (non-hydrogen) atoms. The van der Waals surface area contributed by atoms with Gasteiger partial charge in [0.2, 0.25) is 0 Å². The fourth-order valence-electron chi connectivity index (χ4n) is 2.41. The van der Waals surface area contributed by atoms with Gasteiger partial charge in [0.15, 0.2) is 5.60 Å². The minimum Gasteiger partial charge on any atom is -0.496 e. The number of ether oxygens (including phenoxy) is 3. The van der Waals surface area contributed by atoms with E-state index in [9.17, 15) is 9.90 Å². The first-order valence-electron chi connectivity index (χ1n) is 6.08. The molecule has 1 fully saturated rings. The van der Waals surface area contributed by atoms with Crippen LogP contribution in [0, 0.1) is 6.92 Å². The van der Waals surface area contributed by atoms with Crippen LogP contribution in [-0.4, -0.2) is 38.0 Å². The highest BCUT2D eigenvalue weighted by molar-refractivity contribution is 5.81. The first-order chi connectivity index (χ1) is 9.03. The Kier molecular flexibility index (Phi) is 3.78. The summed E-state index contributed by atoms with van der Waals surface area (Å²) >= 11 is 0. The van der Waals surface area contributed by atoms with Crippen molar-refractivity contribution < 1.29 is 24.1 Å². The molecule has 0 bridgehead atoms. The summed E-state index contributed by atoms with van der Waals surface area (Å²) in [7, 11) is 3.08. The Balaban J connectivity index is 2.51. The number of methoxy groups -OCH3 is 2. The second-order valence-electron chi connectivity index (χ2n) is 4.71. The van der Waals surface area contributed by atoms with Crippen LogP contribution in [0.4, 0.5) is 0 Å². The van der Waals surface area contributed by atoms with Crippen molar-refractivity contribution in [3.05, 3.63) is 29.3 Å². The molecule has 1 aromatic rings. The Bertz CT molecular complexity index is 485. The highest BCUT2D eigenvalue weighted by Gasteiger charge is 2.50. The number of carbonyl (C=O) groups is 1. The molecule has 0 saturated carbocycles. The van der Waals surface area contributed by atoms with Gasteiger partial charge >= 0.3 is 5.97 Å². The molecule has 1 heterocycles. The number of carboxylic acids is 1. The van der Waals surface area contributed by atoms with E-state index in [1.807, 2.05) is 13.0 Å². The molecule has 1 aliphatic heterocycles. The van der Waals surface area contributed by atoms with Gasteiger partial charge in [0.05, 0.1) is 19.8 Å². The van der Waals surface area contributed by atoms with E-state index < -0.39 is 11.6 Å². The lowest BCUT2D eigenvalue weighted by Gasteiger charge is -2.26. The lowest BCUT2D eigenvalue weighted by Crippen LogP contribution is -2.36. The van der Waals surface area contributed by atoms with E-state index in [2.05, 4.69) is 0 Å². The first-order valence-corrected chi connectivity index (χ1v) is 6.08. The minimum absolute atomic E-state index is 0.221. The fourth-order valence-corrected chi connectivity index (χ4v) is 2.41. The molecule has 0 radical (unpaired) electrons. The summed E-state index contributed by atoms with van der Waals surface area (Å²) in [5.41, 5.74) is 0.112. The Morgan fingerprint density at radius 3 is 2.74 bits per heavy atom. The van der Waals surface area contributed by atoms with Crippen molar-refractivity contribution in [2.75, 3.05) is 20.8 Å². The first kappa shape index (κ1) is 13.8. The maximum atomic E-state index is 11.7. The van der Waals surface area contributed by atoms with Gasteiger partial charge in [-0.25, -0.2) is 4.79 Å². The van der Waals surface area contributed by atoms with Crippen molar-refractivity contribution in [1.29, 1.82) is 0 Å². The summed E-state index contributed by atoms with van der Waals surface area (Å²) in [4.78, 5) is 11.7. The normalized spacial score (nSPS) is 26.4. The second-order valence-corrected chi connectivity index (χ2v) is 4.71. The van der Waals surface area contributed by atoms with Gasteiger partial charge in [-0.3, -0.25) is 0 Å². The molecular formula is C14H18O5. The molecule has 2 rings (SSSR count). The summed E-state index contributed by atoms with van der Waals surface area (Å²) in [5, 5.41) is 9.61. The molecule has 5 nitrogen and oxygen atoms in total. The van der Waals surface area contributed by atoms with Gasteiger partial charge in [-0.1, -0.05) is 11.6 Å². The summed E-state index contributed by atoms with van der Waals surface area (Å²) in [5.74, 6) is -0.499. The number of hydrogen-bond acceptors (Lipinski definition) is 4. The monoisotopic (exact) mass is 266 g/mol. The predicted octanol–water partition coefficient (Wildman–Crippen LogP) is 1.72. The number of aryl methyl sites for hydroxylation is 1. The maximum absolute atomic E-state index is 11.7. The van der Waals surface area contributed by atoms with Gasteiger partial charge in [0, 0.05) is 19.1 Å². The zero-order valence-electron chi connectivity index (χ0n) is 11.3. The van der Waals surface area contributed by atoms with Gasteiger partial charge in [-0.05, 0) is 19.1 Å². The number of carboxylic acid groups (broad SMARTS) is 1. The van der Waals surface area contributed by atoms with Crippen LogP contribution in [0.3, 0.4) is 0 Å². The minimum atomic E-state index is -1.39. The largest absolute Gasteiger partial charge is 0.496 e. The molecule has 1 saturated heterocycles. The summed E-state index contributed by atoms with van der Waals surface area (Å²) in [6.07, 6.45) is 0.0554. The highest BCUT2D eigenvalue weighted by Crippen LogP contribution is 2.42. The van der Waals surface area contributed by atoms with Crippen molar-refractivity contribution >= 4 is 5.97 Å². The zero-order chi connectivity index (χ0) is 14.0. The van der Waals surface area contributed by atoms with Crippen LogP contribution >= 0.6 is 0 Å². The van der Waals surface area contributed by atoms with Gasteiger partial charge in [0.25, 0.3) is 0 Å². The average molecular weight is 266 g/mol. The third kappa shape index (κ3) is 2.31. The topological polar surface area (TPSA) is 65.0 Å². The lowest BCUT2D eigenvalue weighted by atomic mass is 9.88. The van der Waals surface area contributed by atoms with E-state index >= 15 is 0 Å². The Morgan fingerprint density at radius 2 is 2.21 bits per heavy atom. The van der Waals surface area contributed by atoms with Crippen molar-refractivity contribution in [2.24, 2.45) is 0 Å². The standard InChI is InChI=1S/C14H18O5/c1-9-4-5-12(18-3)11(6-9)14(13(15)16)7-10(17-2)8-19-14/h4-6,10H,7-8H2,1-3H3,(H,15,16)/t10-,14-/m1/s1. The lowest BCUT2D eigenvalue weighted by molar-refractivity contribution is -0.161. The Labute approximate surface area is 112 Å². The van der Waals surface area contributed by atoms with Crippen molar-refractivity contribution in [3.8, 4) is 5.75 Å². The third-order valence-corrected chi connectivity index (χ3v) is 3.50. The van der Waals surface area contributed by atoms with Crippen molar-refractivity contribution in [1.82, 2.24) is 0 Å². The molecule has 1 aliphatic rings. The van der Waals surface area contributed by atoms with Crippen LogP contribution in [0.5, 0.6) is 5.75 Å². The van der Waals surface area contributed by atoms with Crippen LogP contribution in [0.1, 0.15) is 17.5 Å². The third-order valence-electron chi connectivity index (χ3n) is 3.50. The van der Waals surface area contributed by atoms with Gasteiger partial charge in [0.1, 0.15) is 5.75 Å². The van der Waals surface area contributed by atoms with E-state index in [-0.39, 0.29) is 19.1 Å². The summed E-state index contributed by atoms with van der Waals surface area (Å²) in [6, 6.07) is 5.43. The zero-order valence-corrected chi connectivity index (χ0v) is 11.3. The molecule has 1 N–H and O–H groups in total. The number of aliphatic carboxylic acids is 1. The van der Waals surface area contributed by atoms with E-state index in [0.717, 1.165) is 5.56 Å². The van der Waals surface area contributed by atoms with Gasteiger partial charge < -0.3 is 19.3 Å². The van der Waals surface area contributed by atoms with Gasteiger partial charge in [-0.2, -0.15) is 0 Å².